The maximum Gasteiger partial charge on any atom is 0.107 e. The van der Waals surface area contributed by atoms with Gasteiger partial charge in [0.05, 0.1) is 11.5 Å². The Kier molecular flexibility index (Phi) is 3.29. The molecule has 1 heterocycles. The smallest absolute Gasteiger partial charge is 0.107 e. The third-order valence-electron chi connectivity index (χ3n) is 4.05. The Hall–Kier alpha value is -0.850. The van der Waals surface area contributed by atoms with Crippen LogP contribution in [-0.4, -0.2) is 5.11 Å². The van der Waals surface area contributed by atoms with E-state index in [4.69, 9.17) is 0 Å². The van der Waals surface area contributed by atoms with Crippen LogP contribution >= 0.6 is 11.3 Å². The lowest BCUT2D eigenvalue weighted by Crippen LogP contribution is -2.34. The predicted octanol–water partition coefficient (Wildman–Crippen LogP) is 3.89. The normalized spacial score (nSPS) is 23.9. The molecule has 0 aromatic carbocycles. The monoisotopic (exact) mass is 249 g/mol. The van der Waals surface area contributed by atoms with E-state index < -0.39 is 11.5 Å². The van der Waals surface area contributed by atoms with Crippen molar-refractivity contribution in [3.63, 3.8) is 0 Å². The fourth-order valence-corrected chi connectivity index (χ4v) is 3.36. The zero-order valence-electron chi connectivity index (χ0n) is 10.4. The van der Waals surface area contributed by atoms with E-state index in [2.05, 4.69) is 19.9 Å². The molecule has 0 bridgehead atoms. The Morgan fingerprint density at radius 1 is 1.35 bits per heavy atom. The maximum absolute atomic E-state index is 10.4. The number of rotatable bonds is 2. The molecule has 1 aromatic rings. The topological polar surface area (TPSA) is 44.0 Å². The summed E-state index contributed by atoms with van der Waals surface area (Å²) in [6.45, 7) is 4.48. The van der Waals surface area contributed by atoms with E-state index in [1.54, 1.807) is 0 Å². The van der Waals surface area contributed by atoms with Crippen LogP contribution in [0.3, 0.4) is 0 Å². The molecule has 2 nitrogen and oxygen atoms in total. The van der Waals surface area contributed by atoms with Gasteiger partial charge in [-0.15, -0.1) is 11.3 Å². The summed E-state index contributed by atoms with van der Waals surface area (Å²) in [7, 11) is 0. The van der Waals surface area contributed by atoms with Gasteiger partial charge in [-0.05, 0) is 42.5 Å². The molecule has 1 fully saturated rings. The Morgan fingerprint density at radius 2 is 2.00 bits per heavy atom. The summed E-state index contributed by atoms with van der Waals surface area (Å²) in [5.74, 6) is 0. The van der Waals surface area contributed by atoms with Crippen molar-refractivity contribution in [2.75, 3.05) is 0 Å². The summed E-state index contributed by atoms with van der Waals surface area (Å²) in [6.07, 6.45) is 3.01. The lowest BCUT2D eigenvalue weighted by atomic mass is 9.63. The minimum atomic E-state index is -0.622. The van der Waals surface area contributed by atoms with Gasteiger partial charge in [0.15, 0.2) is 0 Å². The van der Waals surface area contributed by atoms with Crippen LogP contribution in [0.15, 0.2) is 17.5 Å². The number of thiophene rings is 1. The number of aliphatic hydroxyl groups is 1. The van der Waals surface area contributed by atoms with E-state index in [0.717, 1.165) is 30.6 Å². The minimum absolute atomic E-state index is 0.315. The second kappa shape index (κ2) is 4.44. The number of nitriles is 1. The third kappa shape index (κ3) is 2.38. The number of hydrogen-bond donors (Lipinski definition) is 1. The molecular weight excluding hydrogens is 230 g/mol. The summed E-state index contributed by atoms with van der Waals surface area (Å²) in [5.41, 5.74) is -0.254. The Labute approximate surface area is 107 Å². The van der Waals surface area contributed by atoms with Gasteiger partial charge in [-0.25, -0.2) is 0 Å². The van der Waals surface area contributed by atoms with Gasteiger partial charge in [-0.3, -0.25) is 0 Å². The van der Waals surface area contributed by atoms with E-state index in [0.29, 0.717) is 5.41 Å². The van der Waals surface area contributed by atoms with Gasteiger partial charge in [0, 0.05) is 4.88 Å². The van der Waals surface area contributed by atoms with Gasteiger partial charge >= 0.3 is 0 Å². The van der Waals surface area contributed by atoms with Crippen molar-refractivity contribution in [1.82, 2.24) is 0 Å². The molecule has 1 aliphatic rings. The van der Waals surface area contributed by atoms with Gasteiger partial charge in [0.2, 0.25) is 0 Å². The lowest BCUT2D eigenvalue weighted by molar-refractivity contribution is 0.0117. The fraction of sp³-hybridized carbons (Fsp3) is 0.643. The van der Waals surface area contributed by atoms with Crippen LogP contribution in [0.2, 0.25) is 0 Å². The first-order valence-corrected chi connectivity index (χ1v) is 7.00. The first kappa shape index (κ1) is 12.6. The highest BCUT2D eigenvalue weighted by molar-refractivity contribution is 7.10. The average Bonchev–Trinajstić information content (AvgIpc) is 2.82. The van der Waals surface area contributed by atoms with Gasteiger partial charge in [-0.1, -0.05) is 19.9 Å². The molecule has 1 atom stereocenters. The second-order valence-electron chi connectivity index (χ2n) is 5.85. The van der Waals surface area contributed by atoms with E-state index >= 15 is 0 Å². The van der Waals surface area contributed by atoms with Crippen LogP contribution < -0.4 is 0 Å². The quantitative estimate of drug-likeness (QED) is 0.864. The lowest BCUT2D eigenvalue weighted by Gasteiger charge is -2.41. The SMILES string of the molecule is CC1(C)CCC(C#N)(C(O)c2cccs2)CC1. The van der Waals surface area contributed by atoms with E-state index in [9.17, 15) is 10.4 Å². The number of aliphatic hydroxyl groups excluding tert-OH is 1. The first-order chi connectivity index (χ1) is 7.99. The Morgan fingerprint density at radius 3 is 2.47 bits per heavy atom. The van der Waals surface area contributed by atoms with E-state index in [1.165, 1.54) is 11.3 Å². The van der Waals surface area contributed by atoms with Crippen LogP contribution in [0, 0.1) is 22.2 Å². The molecule has 2 rings (SSSR count). The zero-order chi connectivity index (χ0) is 12.5. The molecule has 3 heteroatoms. The van der Waals surface area contributed by atoms with Crippen molar-refractivity contribution in [3.8, 4) is 6.07 Å². The summed E-state index contributed by atoms with van der Waals surface area (Å²) < 4.78 is 0. The molecular formula is C14H19NOS. The molecule has 0 aliphatic heterocycles. The van der Waals surface area contributed by atoms with Gasteiger partial charge in [0.1, 0.15) is 6.10 Å². The van der Waals surface area contributed by atoms with Crippen molar-refractivity contribution in [2.24, 2.45) is 10.8 Å². The van der Waals surface area contributed by atoms with Gasteiger partial charge < -0.3 is 5.11 Å². The maximum atomic E-state index is 10.4. The van der Waals surface area contributed by atoms with Crippen LogP contribution in [0.1, 0.15) is 50.5 Å². The number of nitrogens with zero attached hydrogens (tertiary/aromatic N) is 1. The molecule has 1 saturated carbocycles. The molecule has 0 spiro atoms. The molecule has 0 saturated heterocycles. The standard InChI is InChI=1S/C14H19NOS/c1-13(2)5-7-14(10-15,8-6-13)12(16)11-4-3-9-17-11/h3-4,9,12,16H,5-8H2,1-2H3. The predicted molar refractivity (Wildman–Crippen MR) is 69.6 cm³/mol. The Bertz CT molecular complexity index is 406. The highest BCUT2D eigenvalue weighted by Gasteiger charge is 2.44. The van der Waals surface area contributed by atoms with Crippen molar-refractivity contribution in [3.05, 3.63) is 22.4 Å². The van der Waals surface area contributed by atoms with Crippen LogP contribution in [0.5, 0.6) is 0 Å². The first-order valence-electron chi connectivity index (χ1n) is 6.12. The summed E-state index contributed by atoms with van der Waals surface area (Å²) in [6, 6.07) is 6.26. The summed E-state index contributed by atoms with van der Waals surface area (Å²) >= 11 is 1.54. The largest absolute Gasteiger partial charge is 0.386 e. The molecule has 1 N–H and O–H groups in total. The number of hydrogen-bond acceptors (Lipinski definition) is 3. The zero-order valence-corrected chi connectivity index (χ0v) is 11.3. The van der Waals surface area contributed by atoms with E-state index in [-0.39, 0.29) is 0 Å². The molecule has 1 unspecified atom stereocenters. The fourth-order valence-electron chi connectivity index (χ4n) is 2.54. The van der Waals surface area contributed by atoms with Crippen molar-refractivity contribution >= 4 is 11.3 Å². The molecule has 92 valence electrons. The molecule has 1 aliphatic carbocycles. The average molecular weight is 249 g/mol. The van der Waals surface area contributed by atoms with Crippen molar-refractivity contribution in [2.45, 2.75) is 45.6 Å². The van der Waals surface area contributed by atoms with Crippen molar-refractivity contribution in [1.29, 1.82) is 5.26 Å². The summed E-state index contributed by atoms with van der Waals surface area (Å²) in [5, 5.41) is 21.9. The minimum Gasteiger partial charge on any atom is -0.386 e. The van der Waals surface area contributed by atoms with Crippen LogP contribution in [0.4, 0.5) is 0 Å². The van der Waals surface area contributed by atoms with Crippen LogP contribution in [0.25, 0.3) is 0 Å². The molecule has 17 heavy (non-hydrogen) atoms. The van der Waals surface area contributed by atoms with Gasteiger partial charge in [0.25, 0.3) is 0 Å². The summed E-state index contributed by atoms with van der Waals surface area (Å²) in [4.78, 5) is 0.922. The van der Waals surface area contributed by atoms with Crippen LogP contribution in [-0.2, 0) is 0 Å². The highest BCUT2D eigenvalue weighted by Crippen LogP contribution is 2.51. The van der Waals surface area contributed by atoms with Crippen molar-refractivity contribution < 1.29 is 5.11 Å². The Balaban J connectivity index is 2.20. The third-order valence-corrected chi connectivity index (χ3v) is 4.98. The molecule has 0 radical (unpaired) electrons. The van der Waals surface area contributed by atoms with E-state index in [1.807, 2.05) is 17.5 Å². The second-order valence-corrected chi connectivity index (χ2v) is 6.83. The van der Waals surface area contributed by atoms with Gasteiger partial charge in [-0.2, -0.15) is 5.26 Å². The molecule has 1 aromatic heterocycles. The highest BCUT2D eigenvalue weighted by atomic mass is 32.1. The molecule has 0 amide bonds.